The lowest BCUT2D eigenvalue weighted by Gasteiger charge is -2.39. The fourth-order valence-corrected chi connectivity index (χ4v) is 3.68. The molecule has 1 fully saturated rings. The highest BCUT2D eigenvalue weighted by Crippen LogP contribution is 2.45. The second-order valence-electron chi connectivity index (χ2n) is 6.82. The van der Waals surface area contributed by atoms with Gasteiger partial charge in [-0.05, 0) is 42.5 Å². The van der Waals surface area contributed by atoms with Crippen LogP contribution in [0.5, 0.6) is 0 Å². The third kappa shape index (κ3) is 2.75. The zero-order valence-corrected chi connectivity index (χ0v) is 15.2. The lowest BCUT2D eigenvalue weighted by Crippen LogP contribution is -2.56. The summed E-state index contributed by atoms with van der Waals surface area (Å²) in [5, 5.41) is 11.9. The number of hydrogen-bond acceptors (Lipinski definition) is 5. The maximum atomic E-state index is 13.7. The lowest BCUT2D eigenvalue weighted by atomic mass is 10.1. The number of nitrogens with zero attached hydrogens (tertiary/aromatic N) is 5. The van der Waals surface area contributed by atoms with Gasteiger partial charge < -0.3 is 4.90 Å². The molecule has 5 rings (SSSR count). The van der Waals surface area contributed by atoms with Gasteiger partial charge in [0.25, 0.3) is 0 Å². The number of pyridine rings is 2. The number of anilines is 3. The standard InChI is InChI=1S/C21H15FN6O/c22-15-5-4-13(11-14(15)12-23)16-6-7-17-20(25-16)28(19-8-10-27(17)19)21(29)26-18-3-1-2-9-24-18/h1-7,9,11,19H,8,10H2,(H,24,26,29). The summed E-state index contributed by atoms with van der Waals surface area (Å²) in [5.41, 5.74) is 2.02. The van der Waals surface area contributed by atoms with Gasteiger partial charge in [0.1, 0.15) is 23.9 Å². The average Bonchev–Trinajstić information content (AvgIpc) is 2.94. The molecule has 0 aliphatic carbocycles. The number of nitrogens with one attached hydrogen (secondary N) is 1. The van der Waals surface area contributed by atoms with Crippen molar-refractivity contribution in [3.8, 4) is 17.3 Å². The van der Waals surface area contributed by atoms with E-state index in [1.54, 1.807) is 35.4 Å². The Bertz CT molecular complexity index is 1160. The normalized spacial score (nSPS) is 16.5. The van der Waals surface area contributed by atoms with Crippen molar-refractivity contribution in [2.75, 3.05) is 21.7 Å². The van der Waals surface area contributed by atoms with Gasteiger partial charge in [0.05, 0.1) is 16.9 Å². The van der Waals surface area contributed by atoms with Crippen molar-refractivity contribution in [1.29, 1.82) is 5.26 Å². The molecule has 0 spiro atoms. The summed E-state index contributed by atoms with van der Waals surface area (Å²) in [7, 11) is 0. The van der Waals surface area contributed by atoms with Crippen molar-refractivity contribution in [2.24, 2.45) is 0 Å². The quantitative estimate of drug-likeness (QED) is 0.725. The molecule has 1 aromatic carbocycles. The van der Waals surface area contributed by atoms with Gasteiger partial charge in [-0.15, -0.1) is 0 Å². The molecule has 29 heavy (non-hydrogen) atoms. The molecule has 0 saturated carbocycles. The largest absolute Gasteiger partial charge is 0.347 e. The Morgan fingerprint density at radius 1 is 1.24 bits per heavy atom. The first-order valence-corrected chi connectivity index (χ1v) is 9.14. The Kier molecular flexibility index (Phi) is 3.88. The minimum absolute atomic E-state index is 0.0432. The molecule has 142 valence electrons. The smallest absolute Gasteiger partial charge is 0.330 e. The molecule has 7 nitrogen and oxygen atoms in total. The Balaban J connectivity index is 1.52. The number of benzene rings is 1. The van der Waals surface area contributed by atoms with Crippen molar-refractivity contribution < 1.29 is 9.18 Å². The highest BCUT2D eigenvalue weighted by molar-refractivity contribution is 6.06. The molecule has 1 N–H and O–H groups in total. The SMILES string of the molecule is N#Cc1cc(-c2ccc3c(n2)N(C(=O)Nc2ccccn2)C2CCN32)ccc1F. The van der Waals surface area contributed by atoms with E-state index in [1.165, 1.54) is 12.1 Å². The van der Waals surface area contributed by atoms with Crippen molar-refractivity contribution >= 4 is 23.4 Å². The van der Waals surface area contributed by atoms with Crippen LogP contribution >= 0.6 is 0 Å². The van der Waals surface area contributed by atoms with E-state index in [0.29, 0.717) is 22.9 Å². The summed E-state index contributed by atoms with van der Waals surface area (Å²) in [4.78, 5) is 25.6. The number of hydrogen-bond donors (Lipinski definition) is 1. The van der Waals surface area contributed by atoms with E-state index >= 15 is 0 Å². The summed E-state index contributed by atoms with van der Waals surface area (Å²) in [6.45, 7) is 0.848. The van der Waals surface area contributed by atoms with Crippen molar-refractivity contribution in [1.82, 2.24) is 9.97 Å². The van der Waals surface area contributed by atoms with Gasteiger partial charge in [-0.2, -0.15) is 5.26 Å². The van der Waals surface area contributed by atoms with Gasteiger partial charge in [-0.25, -0.2) is 19.2 Å². The average molecular weight is 386 g/mol. The van der Waals surface area contributed by atoms with E-state index in [-0.39, 0.29) is 17.8 Å². The van der Waals surface area contributed by atoms with E-state index in [9.17, 15) is 9.18 Å². The topological polar surface area (TPSA) is 85.1 Å². The van der Waals surface area contributed by atoms with Gasteiger partial charge in [0.2, 0.25) is 0 Å². The molecule has 3 aromatic rings. The number of carbonyl (C=O) groups is 1. The van der Waals surface area contributed by atoms with Crippen LogP contribution in [-0.2, 0) is 0 Å². The Hall–Kier alpha value is -3.99. The minimum atomic E-state index is -0.571. The number of fused-ring (bicyclic) bond motifs is 3. The number of amides is 2. The first-order valence-electron chi connectivity index (χ1n) is 9.14. The molecule has 1 atom stereocenters. The predicted molar refractivity (Wildman–Crippen MR) is 106 cm³/mol. The number of carbonyl (C=O) groups excluding carboxylic acids is 1. The molecular weight excluding hydrogens is 371 g/mol. The molecule has 0 radical (unpaired) electrons. The lowest BCUT2D eigenvalue weighted by molar-refractivity contribution is 0.252. The third-order valence-corrected chi connectivity index (χ3v) is 5.18. The third-order valence-electron chi connectivity index (χ3n) is 5.18. The number of halogens is 1. The van der Waals surface area contributed by atoms with E-state index in [1.807, 2.05) is 18.2 Å². The number of rotatable bonds is 2. The molecule has 8 heteroatoms. The second-order valence-corrected chi connectivity index (χ2v) is 6.82. The Labute approximate surface area is 166 Å². The number of aromatic nitrogens is 2. The predicted octanol–water partition coefficient (Wildman–Crippen LogP) is 3.74. The van der Waals surface area contributed by atoms with Crippen LogP contribution in [0.25, 0.3) is 11.3 Å². The van der Waals surface area contributed by atoms with Gasteiger partial charge in [-0.1, -0.05) is 6.07 Å². The zero-order valence-electron chi connectivity index (χ0n) is 15.2. The van der Waals surface area contributed by atoms with Gasteiger partial charge in [0.15, 0.2) is 5.82 Å². The summed E-state index contributed by atoms with van der Waals surface area (Å²) in [6, 6.07) is 14.9. The highest BCUT2D eigenvalue weighted by Gasteiger charge is 2.46. The van der Waals surface area contributed by atoms with Crippen LogP contribution in [0.15, 0.2) is 54.7 Å². The Morgan fingerprint density at radius 3 is 2.86 bits per heavy atom. The fraction of sp³-hybridized carbons (Fsp3) is 0.143. The fourth-order valence-electron chi connectivity index (χ4n) is 3.68. The van der Waals surface area contributed by atoms with Crippen LogP contribution in [0, 0.1) is 17.1 Å². The maximum absolute atomic E-state index is 13.7. The van der Waals surface area contributed by atoms with Crippen LogP contribution in [-0.4, -0.2) is 28.7 Å². The summed E-state index contributed by atoms with van der Waals surface area (Å²) in [6.07, 6.45) is 2.37. The Morgan fingerprint density at radius 2 is 2.14 bits per heavy atom. The molecule has 1 unspecified atom stereocenters. The van der Waals surface area contributed by atoms with Gasteiger partial charge in [-0.3, -0.25) is 10.2 Å². The maximum Gasteiger partial charge on any atom is 0.330 e. The van der Waals surface area contributed by atoms with E-state index in [0.717, 1.165) is 18.7 Å². The molecular formula is C21H15FN6O. The van der Waals surface area contributed by atoms with Crippen molar-refractivity contribution in [2.45, 2.75) is 12.6 Å². The van der Waals surface area contributed by atoms with Gasteiger partial charge in [0, 0.05) is 24.7 Å². The zero-order chi connectivity index (χ0) is 20.0. The molecule has 0 bridgehead atoms. The molecule has 2 aliphatic heterocycles. The summed E-state index contributed by atoms with van der Waals surface area (Å²) in [5.74, 6) is 0.435. The van der Waals surface area contributed by atoms with E-state index in [4.69, 9.17) is 5.26 Å². The molecule has 2 aliphatic rings. The first kappa shape index (κ1) is 17.1. The summed E-state index contributed by atoms with van der Waals surface area (Å²) >= 11 is 0. The molecule has 2 aromatic heterocycles. The van der Waals surface area contributed by atoms with Crippen molar-refractivity contribution in [3.05, 3.63) is 66.1 Å². The highest BCUT2D eigenvalue weighted by atomic mass is 19.1. The number of urea groups is 1. The molecule has 4 heterocycles. The van der Waals surface area contributed by atoms with Gasteiger partial charge >= 0.3 is 6.03 Å². The van der Waals surface area contributed by atoms with E-state index < -0.39 is 5.82 Å². The van der Waals surface area contributed by atoms with Crippen LogP contribution in [0.2, 0.25) is 0 Å². The first-order chi connectivity index (χ1) is 14.2. The van der Waals surface area contributed by atoms with Crippen LogP contribution < -0.4 is 15.1 Å². The van der Waals surface area contributed by atoms with E-state index in [2.05, 4.69) is 20.2 Å². The van der Waals surface area contributed by atoms with Crippen molar-refractivity contribution in [3.63, 3.8) is 0 Å². The summed E-state index contributed by atoms with van der Waals surface area (Å²) < 4.78 is 13.7. The molecule has 2 amide bonds. The van der Waals surface area contributed by atoms with Crippen LogP contribution in [0.4, 0.5) is 26.5 Å². The van der Waals surface area contributed by atoms with Crippen LogP contribution in [0.3, 0.4) is 0 Å². The number of nitriles is 1. The minimum Gasteiger partial charge on any atom is -0.347 e. The van der Waals surface area contributed by atoms with Crippen LogP contribution in [0.1, 0.15) is 12.0 Å². The monoisotopic (exact) mass is 386 g/mol. The molecule has 1 saturated heterocycles. The second kappa shape index (κ2) is 6.56.